The summed E-state index contributed by atoms with van der Waals surface area (Å²) in [6.45, 7) is 5.62. The van der Waals surface area contributed by atoms with Crippen molar-refractivity contribution in [1.29, 1.82) is 0 Å². The molecule has 1 fully saturated rings. The quantitative estimate of drug-likeness (QED) is 0.704. The van der Waals surface area contributed by atoms with Gasteiger partial charge in [-0.1, -0.05) is 35.9 Å². The number of aryl methyl sites for hydroxylation is 1. The zero-order valence-electron chi connectivity index (χ0n) is 17.6. The van der Waals surface area contributed by atoms with Gasteiger partial charge in [-0.3, -0.25) is 19.3 Å². The molecule has 0 aromatic heterocycles. The van der Waals surface area contributed by atoms with Crippen molar-refractivity contribution in [3.05, 3.63) is 60.2 Å². The second kappa shape index (κ2) is 9.43. The van der Waals surface area contributed by atoms with Crippen molar-refractivity contribution < 1.29 is 19.1 Å². The molecular weight excluding hydrogens is 382 g/mol. The van der Waals surface area contributed by atoms with Crippen molar-refractivity contribution in [2.75, 3.05) is 31.3 Å². The molecule has 0 aliphatic carbocycles. The third kappa shape index (κ3) is 5.17. The molecule has 0 atom stereocenters. The lowest BCUT2D eigenvalue weighted by Crippen LogP contribution is -2.47. The van der Waals surface area contributed by atoms with Crippen LogP contribution in [-0.4, -0.2) is 59.9 Å². The average molecular weight is 409 g/mol. The molecule has 0 spiro atoms. The Labute approximate surface area is 176 Å². The molecule has 30 heavy (non-hydrogen) atoms. The third-order valence-electron chi connectivity index (χ3n) is 4.99. The summed E-state index contributed by atoms with van der Waals surface area (Å²) in [6.07, 6.45) is 0. The molecule has 0 N–H and O–H groups in total. The molecule has 0 saturated carbocycles. The molecular formula is C23H27N3O4. The lowest BCUT2D eigenvalue weighted by atomic mass is 10.2. The summed E-state index contributed by atoms with van der Waals surface area (Å²) in [5, 5.41) is 0. The number of carbonyl (C=O) groups is 3. The van der Waals surface area contributed by atoms with E-state index in [1.54, 1.807) is 17.0 Å². The van der Waals surface area contributed by atoms with Crippen molar-refractivity contribution in [3.8, 4) is 5.75 Å². The van der Waals surface area contributed by atoms with Crippen LogP contribution in [0.15, 0.2) is 54.6 Å². The van der Waals surface area contributed by atoms with Gasteiger partial charge in [-0.05, 0) is 45.0 Å². The molecule has 2 aromatic carbocycles. The smallest absolute Gasteiger partial charge is 0.261 e. The van der Waals surface area contributed by atoms with Gasteiger partial charge in [0.15, 0.2) is 6.61 Å². The van der Waals surface area contributed by atoms with Crippen LogP contribution in [0, 0.1) is 6.92 Å². The number of hydrogen-bond donors (Lipinski definition) is 0. The number of ether oxygens (including phenoxy) is 1. The van der Waals surface area contributed by atoms with Crippen LogP contribution >= 0.6 is 0 Å². The fraction of sp³-hybridized carbons (Fsp3) is 0.348. The first-order chi connectivity index (χ1) is 14.3. The minimum absolute atomic E-state index is 0.00729. The summed E-state index contributed by atoms with van der Waals surface area (Å²) >= 11 is 0. The number of carbonyl (C=O) groups excluding carboxylic acids is 3. The molecule has 0 bridgehead atoms. The second-order valence-electron chi connectivity index (χ2n) is 7.61. The highest BCUT2D eigenvalue weighted by Gasteiger charge is 2.33. The number of hydrogen-bond acceptors (Lipinski definition) is 4. The van der Waals surface area contributed by atoms with Crippen molar-refractivity contribution in [2.24, 2.45) is 0 Å². The Kier molecular flexibility index (Phi) is 6.72. The van der Waals surface area contributed by atoms with Crippen LogP contribution < -0.4 is 9.64 Å². The standard InChI is InChI=1S/C23H27N3O4/c1-17(2)25(23(29)15-30-20-7-5-4-6-8-20)14-21(27)24-13-22(28)26(16-24)19-11-9-18(3)10-12-19/h4-12,17H,13-16H2,1-3H3. The Bertz CT molecular complexity index is 896. The van der Waals surface area contributed by atoms with Gasteiger partial charge in [0.05, 0.1) is 0 Å². The monoisotopic (exact) mass is 409 g/mol. The Hall–Kier alpha value is -3.35. The van der Waals surface area contributed by atoms with Crippen LogP contribution in [0.5, 0.6) is 5.75 Å². The first kappa shape index (κ1) is 21.4. The molecule has 2 aromatic rings. The van der Waals surface area contributed by atoms with Gasteiger partial charge in [0.25, 0.3) is 5.91 Å². The molecule has 0 unspecified atom stereocenters. The highest BCUT2D eigenvalue weighted by molar-refractivity contribution is 6.00. The van der Waals surface area contributed by atoms with E-state index in [2.05, 4.69) is 0 Å². The van der Waals surface area contributed by atoms with E-state index in [-0.39, 0.29) is 50.1 Å². The third-order valence-corrected chi connectivity index (χ3v) is 4.99. The molecule has 7 nitrogen and oxygen atoms in total. The maximum atomic E-state index is 12.8. The highest BCUT2D eigenvalue weighted by Crippen LogP contribution is 2.20. The summed E-state index contributed by atoms with van der Waals surface area (Å²) < 4.78 is 5.53. The summed E-state index contributed by atoms with van der Waals surface area (Å²) in [5.74, 6) is -0.0790. The fourth-order valence-electron chi connectivity index (χ4n) is 3.21. The Morgan fingerprint density at radius 3 is 2.37 bits per heavy atom. The Balaban J connectivity index is 1.60. The van der Waals surface area contributed by atoms with E-state index in [1.165, 1.54) is 9.80 Å². The minimum Gasteiger partial charge on any atom is -0.484 e. The van der Waals surface area contributed by atoms with E-state index in [1.807, 2.05) is 63.2 Å². The van der Waals surface area contributed by atoms with E-state index in [4.69, 9.17) is 4.74 Å². The molecule has 158 valence electrons. The van der Waals surface area contributed by atoms with Crippen molar-refractivity contribution in [3.63, 3.8) is 0 Å². The number of para-hydroxylation sites is 1. The Morgan fingerprint density at radius 1 is 1.07 bits per heavy atom. The summed E-state index contributed by atoms with van der Waals surface area (Å²) in [5.41, 5.74) is 1.86. The number of anilines is 1. The minimum atomic E-state index is -0.275. The molecule has 7 heteroatoms. The Morgan fingerprint density at radius 2 is 1.73 bits per heavy atom. The maximum Gasteiger partial charge on any atom is 0.261 e. The van der Waals surface area contributed by atoms with E-state index in [0.717, 1.165) is 11.3 Å². The van der Waals surface area contributed by atoms with Gasteiger partial charge < -0.3 is 14.5 Å². The summed E-state index contributed by atoms with van der Waals surface area (Å²) in [7, 11) is 0. The molecule has 3 rings (SSSR count). The van der Waals surface area contributed by atoms with Gasteiger partial charge in [0.1, 0.15) is 25.5 Å². The van der Waals surface area contributed by atoms with Crippen molar-refractivity contribution in [1.82, 2.24) is 9.80 Å². The largest absolute Gasteiger partial charge is 0.484 e. The number of amides is 3. The van der Waals surface area contributed by atoms with Crippen LogP contribution in [0.25, 0.3) is 0 Å². The van der Waals surface area contributed by atoms with Gasteiger partial charge in [0, 0.05) is 11.7 Å². The number of nitrogens with zero attached hydrogens (tertiary/aromatic N) is 3. The topological polar surface area (TPSA) is 70.2 Å². The summed E-state index contributed by atoms with van der Waals surface area (Å²) in [6, 6.07) is 16.5. The highest BCUT2D eigenvalue weighted by atomic mass is 16.5. The van der Waals surface area contributed by atoms with Crippen molar-refractivity contribution in [2.45, 2.75) is 26.8 Å². The van der Waals surface area contributed by atoms with Gasteiger partial charge in [-0.25, -0.2) is 0 Å². The zero-order valence-corrected chi connectivity index (χ0v) is 17.6. The van der Waals surface area contributed by atoms with Crippen LogP contribution in [0.3, 0.4) is 0 Å². The first-order valence-corrected chi connectivity index (χ1v) is 9.97. The molecule has 0 radical (unpaired) electrons. The van der Waals surface area contributed by atoms with Gasteiger partial charge in [-0.2, -0.15) is 0 Å². The molecule has 1 aliphatic rings. The van der Waals surface area contributed by atoms with Gasteiger partial charge in [0.2, 0.25) is 11.8 Å². The van der Waals surface area contributed by atoms with Crippen LogP contribution in [0.1, 0.15) is 19.4 Å². The summed E-state index contributed by atoms with van der Waals surface area (Å²) in [4.78, 5) is 42.4. The predicted molar refractivity (Wildman–Crippen MR) is 114 cm³/mol. The van der Waals surface area contributed by atoms with Gasteiger partial charge >= 0.3 is 0 Å². The van der Waals surface area contributed by atoms with E-state index < -0.39 is 0 Å². The maximum absolute atomic E-state index is 12.8. The lowest BCUT2D eigenvalue weighted by molar-refractivity contribution is -0.143. The van der Waals surface area contributed by atoms with E-state index in [0.29, 0.717) is 5.75 Å². The first-order valence-electron chi connectivity index (χ1n) is 9.97. The molecule has 1 saturated heterocycles. The SMILES string of the molecule is Cc1ccc(N2CN(C(=O)CN(C(=O)COc3ccccc3)C(C)C)CC2=O)cc1. The number of benzene rings is 2. The normalized spacial score (nSPS) is 13.7. The van der Waals surface area contributed by atoms with Crippen LogP contribution in [0.4, 0.5) is 5.69 Å². The zero-order chi connectivity index (χ0) is 21.7. The van der Waals surface area contributed by atoms with E-state index >= 15 is 0 Å². The van der Waals surface area contributed by atoms with Crippen molar-refractivity contribution >= 4 is 23.4 Å². The van der Waals surface area contributed by atoms with Crippen LogP contribution in [-0.2, 0) is 14.4 Å². The van der Waals surface area contributed by atoms with Gasteiger partial charge in [-0.15, -0.1) is 0 Å². The predicted octanol–water partition coefficient (Wildman–Crippen LogP) is 2.44. The lowest BCUT2D eigenvalue weighted by Gasteiger charge is -2.28. The van der Waals surface area contributed by atoms with E-state index in [9.17, 15) is 14.4 Å². The number of rotatable bonds is 7. The molecule has 3 amide bonds. The molecule has 1 heterocycles. The average Bonchev–Trinajstić information content (AvgIpc) is 3.13. The van der Waals surface area contributed by atoms with Crippen LogP contribution in [0.2, 0.25) is 0 Å². The second-order valence-corrected chi connectivity index (χ2v) is 7.61. The molecule has 1 aliphatic heterocycles. The fourth-order valence-corrected chi connectivity index (χ4v) is 3.21.